The van der Waals surface area contributed by atoms with Crippen LogP contribution in [0.25, 0.3) is 0 Å². The lowest BCUT2D eigenvalue weighted by atomic mass is 9.91. The largest absolute Gasteiger partial charge is 0.497 e. The Labute approximate surface area is 159 Å². The van der Waals surface area contributed by atoms with E-state index < -0.39 is 10.0 Å². The fourth-order valence-electron chi connectivity index (χ4n) is 3.21. The Kier molecular flexibility index (Phi) is 4.82. The number of aliphatic imine (C=N–C) groups is 1. The van der Waals surface area contributed by atoms with E-state index in [4.69, 9.17) is 9.73 Å². The molecule has 1 heterocycles. The number of benzene rings is 2. The molecule has 0 atom stereocenters. The predicted molar refractivity (Wildman–Crippen MR) is 106 cm³/mol. The summed E-state index contributed by atoms with van der Waals surface area (Å²) in [6, 6.07) is 12.2. The summed E-state index contributed by atoms with van der Waals surface area (Å²) in [5, 5.41) is 0. The van der Waals surface area contributed by atoms with E-state index in [1.165, 1.54) is 0 Å². The number of methoxy groups -OCH3 is 1. The van der Waals surface area contributed by atoms with Gasteiger partial charge in [-0.3, -0.25) is 14.5 Å². The van der Waals surface area contributed by atoms with Gasteiger partial charge in [0.25, 0.3) is 0 Å². The number of sulfonamides is 1. The third-order valence-corrected chi connectivity index (χ3v) is 5.06. The highest BCUT2D eigenvalue weighted by molar-refractivity contribution is 7.92. The van der Waals surface area contributed by atoms with Crippen LogP contribution < -0.4 is 9.46 Å². The lowest BCUT2D eigenvalue weighted by molar-refractivity contribution is 0.100. The highest BCUT2D eigenvalue weighted by atomic mass is 32.2. The maximum atomic E-state index is 12.7. The standard InChI is InChI=1S/C20H22N2O4S/c1-20(2)17-10-9-15(26-3)11-16(17)18(21-20)12-19(23)13-5-7-14(8-6-13)22-27(4,24)25/h5-11,22H,12H2,1-4H3. The molecule has 0 saturated carbocycles. The molecular weight excluding hydrogens is 364 g/mol. The maximum Gasteiger partial charge on any atom is 0.229 e. The monoisotopic (exact) mass is 386 g/mol. The zero-order valence-corrected chi connectivity index (χ0v) is 16.6. The number of rotatable bonds is 6. The van der Waals surface area contributed by atoms with Crippen LogP contribution in [0.2, 0.25) is 0 Å². The average Bonchev–Trinajstić information content (AvgIpc) is 2.84. The van der Waals surface area contributed by atoms with E-state index in [1.807, 2.05) is 32.0 Å². The molecule has 0 aromatic heterocycles. The lowest BCUT2D eigenvalue weighted by Gasteiger charge is -2.16. The summed E-state index contributed by atoms with van der Waals surface area (Å²) in [5.74, 6) is 0.647. The molecule has 2 aromatic rings. The number of Topliss-reactive ketones (excluding diaryl/α,β-unsaturated/α-hetero) is 1. The van der Waals surface area contributed by atoms with Gasteiger partial charge in [-0.15, -0.1) is 0 Å². The average molecular weight is 386 g/mol. The van der Waals surface area contributed by atoms with Gasteiger partial charge in [-0.2, -0.15) is 0 Å². The molecule has 2 aromatic carbocycles. The summed E-state index contributed by atoms with van der Waals surface area (Å²) in [6.07, 6.45) is 1.25. The van der Waals surface area contributed by atoms with E-state index in [0.29, 0.717) is 11.3 Å². The molecule has 0 amide bonds. The first kappa shape index (κ1) is 19.1. The lowest BCUT2D eigenvalue weighted by Crippen LogP contribution is -2.11. The van der Waals surface area contributed by atoms with Gasteiger partial charge in [0.05, 0.1) is 31.0 Å². The van der Waals surface area contributed by atoms with Crippen LogP contribution >= 0.6 is 0 Å². The molecule has 0 aliphatic carbocycles. The number of ketones is 1. The highest BCUT2D eigenvalue weighted by Crippen LogP contribution is 2.37. The third kappa shape index (κ3) is 4.19. The Morgan fingerprint density at radius 2 is 1.81 bits per heavy atom. The Hall–Kier alpha value is -2.67. The number of ether oxygens (including phenoxy) is 1. The van der Waals surface area contributed by atoms with Crippen molar-refractivity contribution in [3.63, 3.8) is 0 Å². The van der Waals surface area contributed by atoms with E-state index in [2.05, 4.69) is 4.72 Å². The van der Waals surface area contributed by atoms with Gasteiger partial charge in [-0.25, -0.2) is 8.42 Å². The molecule has 0 bridgehead atoms. The number of hydrogen-bond acceptors (Lipinski definition) is 5. The Bertz CT molecular complexity index is 1020. The van der Waals surface area contributed by atoms with Crippen molar-refractivity contribution in [1.29, 1.82) is 0 Å². The van der Waals surface area contributed by atoms with Crippen LogP contribution in [0.3, 0.4) is 0 Å². The second kappa shape index (κ2) is 6.81. The first-order valence-corrected chi connectivity index (χ1v) is 10.4. The molecule has 1 aliphatic heterocycles. The van der Waals surface area contributed by atoms with Crippen LogP contribution in [0.5, 0.6) is 5.75 Å². The number of hydrogen-bond donors (Lipinski definition) is 1. The molecular formula is C20H22N2O4S. The Morgan fingerprint density at radius 3 is 2.41 bits per heavy atom. The van der Waals surface area contributed by atoms with Crippen molar-refractivity contribution in [2.75, 3.05) is 18.1 Å². The third-order valence-electron chi connectivity index (χ3n) is 4.45. The molecule has 6 nitrogen and oxygen atoms in total. The normalized spacial score (nSPS) is 15.0. The summed E-state index contributed by atoms with van der Waals surface area (Å²) in [7, 11) is -1.74. The van der Waals surface area contributed by atoms with Gasteiger partial charge in [0.2, 0.25) is 10.0 Å². The Morgan fingerprint density at radius 1 is 1.15 bits per heavy atom. The van der Waals surface area contributed by atoms with Crippen LogP contribution in [-0.2, 0) is 15.6 Å². The van der Waals surface area contributed by atoms with Crippen molar-refractivity contribution in [3.8, 4) is 5.75 Å². The zero-order chi connectivity index (χ0) is 19.8. The highest BCUT2D eigenvalue weighted by Gasteiger charge is 2.32. The van der Waals surface area contributed by atoms with Crippen LogP contribution in [0.1, 0.15) is 41.8 Å². The Balaban J connectivity index is 1.83. The summed E-state index contributed by atoms with van der Waals surface area (Å²) in [5.41, 5.74) is 3.27. The minimum Gasteiger partial charge on any atom is -0.497 e. The first-order chi connectivity index (χ1) is 12.6. The van der Waals surface area contributed by atoms with Crippen molar-refractivity contribution in [2.45, 2.75) is 25.8 Å². The predicted octanol–water partition coefficient (Wildman–Crippen LogP) is 3.38. The van der Waals surface area contributed by atoms with E-state index >= 15 is 0 Å². The van der Waals surface area contributed by atoms with Crippen molar-refractivity contribution in [3.05, 3.63) is 59.2 Å². The summed E-state index contributed by atoms with van der Waals surface area (Å²) in [4.78, 5) is 17.5. The molecule has 142 valence electrons. The van der Waals surface area contributed by atoms with Gasteiger partial charge in [-0.1, -0.05) is 6.07 Å². The van der Waals surface area contributed by atoms with Gasteiger partial charge in [0.1, 0.15) is 5.75 Å². The minimum atomic E-state index is -3.35. The zero-order valence-electron chi connectivity index (χ0n) is 15.7. The molecule has 0 saturated heterocycles. The van der Waals surface area contributed by atoms with E-state index in [0.717, 1.165) is 28.8 Å². The van der Waals surface area contributed by atoms with E-state index in [9.17, 15) is 13.2 Å². The van der Waals surface area contributed by atoms with Gasteiger partial charge in [0.15, 0.2) is 5.78 Å². The van der Waals surface area contributed by atoms with Gasteiger partial charge in [0, 0.05) is 16.8 Å². The first-order valence-electron chi connectivity index (χ1n) is 8.48. The molecule has 3 rings (SSSR count). The van der Waals surface area contributed by atoms with Crippen LogP contribution in [0.4, 0.5) is 5.69 Å². The second-order valence-electron chi connectivity index (χ2n) is 7.08. The van der Waals surface area contributed by atoms with E-state index in [-0.39, 0.29) is 17.7 Å². The fourth-order valence-corrected chi connectivity index (χ4v) is 3.77. The number of nitrogens with zero attached hydrogens (tertiary/aromatic N) is 1. The topological polar surface area (TPSA) is 84.8 Å². The fraction of sp³-hybridized carbons (Fsp3) is 0.300. The van der Waals surface area contributed by atoms with Gasteiger partial charge in [-0.05, 0) is 55.8 Å². The number of nitrogens with one attached hydrogen (secondary N) is 1. The van der Waals surface area contributed by atoms with E-state index in [1.54, 1.807) is 31.4 Å². The quantitative estimate of drug-likeness (QED) is 0.772. The van der Waals surface area contributed by atoms with Gasteiger partial charge >= 0.3 is 0 Å². The summed E-state index contributed by atoms with van der Waals surface area (Å²) >= 11 is 0. The van der Waals surface area contributed by atoms with Gasteiger partial charge < -0.3 is 4.74 Å². The van der Waals surface area contributed by atoms with Crippen LogP contribution in [0.15, 0.2) is 47.5 Å². The molecule has 0 radical (unpaired) electrons. The molecule has 0 fully saturated rings. The smallest absolute Gasteiger partial charge is 0.229 e. The number of carbonyl (C=O) groups is 1. The molecule has 7 heteroatoms. The van der Waals surface area contributed by atoms with Crippen molar-refractivity contribution < 1.29 is 17.9 Å². The van der Waals surface area contributed by atoms with Crippen LogP contribution in [-0.4, -0.2) is 33.3 Å². The number of fused-ring (bicyclic) bond motifs is 1. The molecule has 1 N–H and O–H groups in total. The molecule has 0 unspecified atom stereocenters. The number of anilines is 1. The second-order valence-corrected chi connectivity index (χ2v) is 8.83. The molecule has 0 spiro atoms. The SMILES string of the molecule is COc1ccc2c(c1)C(CC(=O)c1ccc(NS(C)(=O)=O)cc1)=NC2(C)C. The van der Waals surface area contributed by atoms with Crippen LogP contribution in [0, 0.1) is 0 Å². The van der Waals surface area contributed by atoms with Crippen molar-refractivity contribution in [1.82, 2.24) is 0 Å². The van der Waals surface area contributed by atoms with Crippen molar-refractivity contribution in [2.24, 2.45) is 4.99 Å². The summed E-state index contributed by atoms with van der Waals surface area (Å²) < 4.78 is 30.2. The summed E-state index contributed by atoms with van der Waals surface area (Å²) in [6.45, 7) is 4.03. The molecule has 1 aliphatic rings. The maximum absolute atomic E-state index is 12.7. The molecule has 27 heavy (non-hydrogen) atoms. The number of carbonyl (C=O) groups excluding carboxylic acids is 1. The van der Waals surface area contributed by atoms with Crippen molar-refractivity contribution >= 4 is 27.2 Å². The minimum absolute atomic E-state index is 0.0777.